The van der Waals surface area contributed by atoms with Crippen LogP contribution in [0.5, 0.6) is 0 Å². The molecule has 0 amide bonds. The molecule has 0 saturated carbocycles. The lowest BCUT2D eigenvalue weighted by Crippen LogP contribution is -2.07. The Balaban J connectivity index is 1.35. The van der Waals surface area contributed by atoms with Gasteiger partial charge < -0.3 is 0 Å². The third-order valence-corrected chi connectivity index (χ3v) is 6.35. The lowest BCUT2D eigenvalue weighted by atomic mass is 9.95. The van der Waals surface area contributed by atoms with Gasteiger partial charge in [0.25, 0.3) is 0 Å². The predicted molar refractivity (Wildman–Crippen MR) is 138 cm³/mol. The van der Waals surface area contributed by atoms with E-state index in [0.29, 0.717) is 12.8 Å². The Labute approximate surface area is 200 Å². The number of aromatic nitrogens is 2. The highest BCUT2D eigenvalue weighted by molar-refractivity contribution is 5.98. The maximum absolute atomic E-state index is 13.0. The van der Waals surface area contributed by atoms with Crippen LogP contribution in [0.1, 0.15) is 39.2 Å². The first kappa shape index (κ1) is 21.7. The smallest absolute Gasteiger partial charge is 0.165 e. The van der Waals surface area contributed by atoms with E-state index in [2.05, 4.69) is 71.5 Å². The van der Waals surface area contributed by atoms with E-state index in [-0.39, 0.29) is 5.78 Å². The molecule has 0 bridgehead atoms. The van der Waals surface area contributed by atoms with Crippen molar-refractivity contribution in [3.63, 3.8) is 0 Å². The van der Waals surface area contributed by atoms with E-state index in [1.165, 1.54) is 33.0 Å². The second-order valence-corrected chi connectivity index (χ2v) is 8.63. The molecule has 2 aromatic heterocycles. The molecular formula is C31H26N2O. The molecule has 3 aromatic carbocycles. The third kappa shape index (κ3) is 4.65. The van der Waals surface area contributed by atoms with Crippen LogP contribution in [0, 0.1) is 6.92 Å². The number of ketones is 1. The van der Waals surface area contributed by atoms with Crippen molar-refractivity contribution in [2.45, 2.75) is 26.2 Å². The zero-order chi connectivity index (χ0) is 23.3. The molecule has 0 fully saturated rings. The van der Waals surface area contributed by atoms with Crippen LogP contribution in [0.4, 0.5) is 0 Å². The Morgan fingerprint density at radius 1 is 0.765 bits per heavy atom. The molecule has 0 atom stereocenters. The van der Waals surface area contributed by atoms with E-state index in [0.717, 1.165) is 23.2 Å². The molecule has 0 aliphatic heterocycles. The van der Waals surface area contributed by atoms with Gasteiger partial charge in [-0.25, -0.2) is 0 Å². The summed E-state index contributed by atoms with van der Waals surface area (Å²) in [6, 6.07) is 28.9. The van der Waals surface area contributed by atoms with Crippen LogP contribution in [0.25, 0.3) is 21.9 Å². The van der Waals surface area contributed by atoms with Crippen LogP contribution in [0.2, 0.25) is 0 Å². The molecular weight excluding hydrogens is 416 g/mol. The SMILES string of the molecule is Cc1ccc(-c2ccc(Cc3ncccc3C(=O)CCc3ccccc3)cc2)c2ccncc12. The molecule has 2 heterocycles. The number of fused-ring (bicyclic) bond motifs is 1. The van der Waals surface area contributed by atoms with Gasteiger partial charge in [-0.15, -0.1) is 0 Å². The number of aryl methyl sites for hydroxylation is 2. The first-order chi connectivity index (χ1) is 16.7. The minimum absolute atomic E-state index is 0.142. The zero-order valence-electron chi connectivity index (χ0n) is 19.2. The molecule has 34 heavy (non-hydrogen) atoms. The number of rotatable bonds is 7. The minimum Gasteiger partial charge on any atom is -0.294 e. The van der Waals surface area contributed by atoms with Crippen molar-refractivity contribution >= 4 is 16.6 Å². The van der Waals surface area contributed by atoms with Crippen molar-refractivity contribution in [2.75, 3.05) is 0 Å². The highest BCUT2D eigenvalue weighted by Crippen LogP contribution is 2.30. The predicted octanol–water partition coefficient (Wildman–Crippen LogP) is 7.01. The molecule has 0 aliphatic rings. The summed E-state index contributed by atoms with van der Waals surface area (Å²) in [4.78, 5) is 21.8. The van der Waals surface area contributed by atoms with E-state index >= 15 is 0 Å². The molecule has 5 rings (SSSR count). The molecule has 166 valence electrons. The van der Waals surface area contributed by atoms with Crippen molar-refractivity contribution in [3.05, 3.63) is 131 Å². The van der Waals surface area contributed by atoms with Crippen molar-refractivity contribution in [1.29, 1.82) is 0 Å². The van der Waals surface area contributed by atoms with Gasteiger partial charge in [0.05, 0.1) is 5.69 Å². The summed E-state index contributed by atoms with van der Waals surface area (Å²) in [5.41, 5.74) is 7.46. The second kappa shape index (κ2) is 9.80. The number of hydrogen-bond donors (Lipinski definition) is 0. The summed E-state index contributed by atoms with van der Waals surface area (Å²) >= 11 is 0. The molecule has 5 aromatic rings. The number of hydrogen-bond acceptors (Lipinski definition) is 3. The lowest BCUT2D eigenvalue weighted by molar-refractivity contribution is 0.0981. The van der Waals surface area contributed by atoms with Crippen molar-refractivity contribution in [3.8, 4) is 11.1 Å². The fourth-order valence-corrected chi connectivity index (χ4v) is 4.45. The first-order valence-corrected chi connectivity index (χ1v) is 11.6. The number of carbonyl (C=O) groups excluding carboxylic acids is 1. The van der Waals surface area contributed by atoms with Gasteiger partial charge in [0.2, 0.25) is 0 Å². The Kier molecular flexibility index (Phi) is 6.26. The minimum atomic E-state index is 0.142. The third-order valence-electron chi connectivity index (χ3n) is 6.35. The molecule has 0 N–H and O–H groups in total. The standard InChI is InChI=1S/C31H26N2O/c1-22-9-15-26(27-17-19-32-21-29(22)27)25-13-10-24(11-14-25)20-30-28(8-5-18-33-30)31(34)16-12-23-6-3-2-4-7-23/h2-11,13-15,17-19,21H,12,16,20H2,1H3. The average Bonchev–Trinajstić information content (AvgIpc) is 2.89. The van der Waals surface area contributed by atoms with E-state index in [9.17, 15) is 4.79 Å². The lowest BCUT2D eigenvalue weighted by Gasteiger charge is -2.11. The molecule has 0 unspecified atom stereocenters. The van der Waals surface area contributed by atoms with Crippen LogP contribution < -0.4 is 0 Å². The molecule has 0 aliphatic carbocycles. The van der Waals surface area contributed by atoms with E-state index in [1.54, 1.807) is 6.20 Å². The van der Waals surface area contributed by atoms with Gasteiger partial charge in [0, 0.05) is 42.4 Å². The van der Waals surface area contributed by atoms with Crippen LogP contribution in [-0.4, -0.2) is 15.8 Å². The van der Waals surface area contributed by atoms with Crippen molar-refractivity contribution in [1.82, 2.24) is 9.97 Å². The maximum Gasteiger partial charge on any atom is 0.165 e. The largest absolute Gasteiger partial charge is 0.294 e. The quantitative estimate of drug-likeness (QED) is 0.255. The number of benzene rings is 3. The van der Waals surface area contributed by atoms with Gasteiger partial charge in [-0.2, -0.15) is 0 Å². The Morgan fingerprint density at radius 2 is 1.59 bits per heavy atom. The number of Topliss-reactive ketones (excluding diaryl/α,β-unsaturated/α-hetero) is 1. The van der Waals surface area contributed by atoms with Gasteiger partial charge in [-0.1, -0.05) is 66.7 Å². The van der Waals surface area contributed by atoms with Gasteiger partial charge in [-0.05, 0) is 64.7 Å². The Bertz CT molecular complexity index is 1440. The number of nitrogens with zero attached hydrogens (tertiary/aromatic N) is 2. The van der Waals surface area contributed by atoms with Crippen LogP contribution in [0.15, 0.2) is 104 Å². The van der Waals surface area contributed by atoms with Gasteiger partial charge >= 0.3 is 0 Å². The normalized spacial score (nSPS) is 11.0. The van der Waals surface area contributed by atoms with Gasteiger partial charge in [0.1, 0.15) is 0 Å². The summed E-state index contributed by atoms with van der Waals surface area (Å²) in [6.07, 6.45) is 7.40. The Hall–Kier alpha value is -4.11. The highest BCUT2D eigenvalue weighted by Gasteiger charge is 2.13. The van der Waals surface area contributed by atoms with Crippen LogP contribution in [-0.2, 0) is 12.8 Å². The van der Waals surface area contributed by atoms with Gasteiger partial charge in [0.15, 0.2) is 5.78 Å². The second-order valence-electron chi connectivity index (χ2n) is 8.63. The molecule has 0 radical (unpaired) electrons. The summed E-state index contributed by atoms with van der Waals surface area (Å²) in [5, 5.41) is 2.38. The highest BCUT2D eigenvalue weighted by atomic mass is 16.1. The van der Waals surface area contributed by atoms with Crippen molar-refractivity contribution < 1.29 is 4.79 Å². The Morgan fingerprint density at radius 3 is 2.41 bits per heavy atom. The average molecular weight is 443 g/mol. The fourth-order valence-electron chi connectivity index (χ4n) is 4.45. The summed E-state index contributed by atoms with van der Waals surface area (Å²) < 4.78 is 0. The van der Waals surface area contributed by atoms with Crippen LogP contribution >= 0.6 is 0 Å². The fraction of sp³-hybridized carbons (Fsp3) is 0.129. The molecule has 0 saturated heterocycles. The molecule has 3 nitrogen and oxygen atoms in total. The van der Waals surface area contributed by atoms with E-state index in [4.69, 9.17) is 0 Å². The monoisotopic (exact) mass is 442 g/mol. The van der Waals surface area contributed by atoms with Crippen LogP contribution in [0.3, 0.4) is 0 Å². The zero-order valence-corrected chi connectivity index (χ0v) is 19.2. The number of pyridine rings is 2. The van der Waals surface area contributed by atoms with E-state index in [1.807, 2.05) is 42.7 Å². The topological polar surface area (TPSA) is 42.9 Å². The van der Waals surface area contributed by atoms with E-state index < -0.39 is 0 Å². The molecule has 0 spiro atoms. The van der Waals surface area contributed by atoms with Crippen molar-refractivity contribution in [2.24, 2.45) is 0 Å². The maximum atomic E-state index is 13.0. The summed E-state index contributed by atoms with van der Waals surface area (Å²) in [7, 11) is 0. The van der Waals surface area contributed by atoms with Gasteiger partial charge in [-0.3, -0.25) is 14.8 Å². The molecule has 3 heteroatoms. The number of carbonyl (C=O) groups is 1. The summed E-state index contributed by atoms with van der Waals surface area (Å²) in [6.45, 7) is 2.11. The summed E-state index contributed by atoms with van der Waals surface area (Å²) in [5.74, 6) is 0.142. The first-order valence-electron chi connectivity index (χ1n) is 11.6.